The van der Waals surface area contributed by atoms with E-state index in [1.54, 1.807) is 43.1 Å². The van der Waals surface area contributed by atoms with Crippen molar-refractivity contribution in [3.8, 4) is 0 Å². The van der Waals surface area contributed by atoms with Crippen molar-refractivity contribution < 1.29 is 8.42 Å². The second-order valence-electron chi connectivity index (χ2n) is 3.99. The topological polar surface area (TPSA) is 75.4 Å². The summed E-state index contributed by atoms with van der Waals surface area (Å²) in [6.45, 7) is 1.89. The van der Waals surface area contributed by atoms with E-state index >= 15 is 0 Å². The normalized spacial score (nSPS) is 13.6. The van der Waals surface area contributed by atoms with Crippen molar-refractivity contribution in [2.45, 2.75) is 17.9 Å². The number of nitrogens with zero attached hydrogens (tertiary/aromatic N) is 1. The number of sulfonamides is 1. The van der Waals surface area contributed by atoms with Gasteiger partial charge in [-0.05, 0) is 37.4 Å². The van der Waals surface area contributed by atoms with Gasteiger partial charge in [0.05, 0.1) is 4.90 Å². The third kappa shape index (κ3) is 3.38. The molecule has 0 saturated carbocycles. The van der Waals surface area contributed by atoms with Crippen molar-refractivity contribution in [2.75, 3.05) is 24.5 Å². The zero-order valence-corrected chi connectivity index (χ0v) is 12.4. The van der Waals surface area contributed by atoms with Crippen molar-refractivity contribution in [2.24, 2.45) is 5.84 Å². The third-order valence-electron chi connectivity index (χ3n) is 2.73. The maximum absolute atomic E-state index is 12.3. The molecule has 1 aromatic rings. The fraction of sp³-hybridized carbons (Fsp3) is 0.455. The number of anilines is 1. The van der Waals surface area contributed by atoms with Crippen LogP contribution in [0.5, 0.6) is 0 Å². The molecule has 0 fully saturated rings. The van der Waals surface area contributed by atoms with Crippen LogP contribution in [-0.4, -0.2) is 37.8 Å². The molecule has 1 rings (SSSR count). The molecule has 5 nitrogen and oxygen atoms in total. The summed E-state index contributed by atoms with van der Waals surface area (Å²) in [7, 11) is -1.83. The predicted octanol–water partition coefficient (Wildman–Crippen LogP) is 1.34. The zero-order chi connectivity index (χ0) is 13.8. The Labute approximate surface area is 113 Å². The summed E-state index contributed by atoms with van der Waals surface area (Å²) in [5, 5.41) is 0. The molecular formula is C11H19N3O2S2. The van der Waals surface area contributed by atoms with Crippen LogP contribution in [0.1, 0.15) is 6.92 Å². The molecule has 1 unspecified atom stereocenters. The molecule has 0 amide bonds. The second-order valence-corrected chi connectivity index (χ2v) is 6.90. The van der Waals surface area contributed by atoms with Crippen LogP contribution in [-0.2, 0) is 10.0 Å². The Bertz CT molecular complexity index is 474. The molecule has 7 heteroatoms. The van der Waals surface area contributed by atoms with E-state index in [1.165, 1.54) is 4.31 Å². The van der Waals surface area contributed by atoms with Gasteiger partial charge in [0, 0.05) is 24.5 Å². The molecule has 1 aromatic carbocycles. The minimum absolute atomic E-state index is 0.0442. The summed E-state index contributed by atoms with van der Waals surface area (Å²) in [4.78, 5) is 0.275. The summed E-state index contributed by atoms with van der Waals surface area (Å²) in [5.41, 5.74) is 3.14. The van der Waals surface area contributed by atoms with Crippen LogP contribution in [0.3, 0.4) is 0 Å². The number of rotatable bonds is 6. The van der Waals surface area contributed by atoms with E-state index in [9.17, 15) is 8.42 Å². The third-order valence-corrected chi connectivity index (χ3v) is 5.53. The Hall–Kier alpha value is -0.760. The van der Waals surface area contributed by atoms with Gasteiger partial charge in [0.25, 0.3) is 0 Å². The van der Waals surface area contributed by atoms with Gasteiger partial charge in [0.2, 0.25) is 10.0 Å². The molecule has 102 valence electrons. The highest BCUT2D eigenvalue weighted by molar-refractivity contribution is 7.98. The Morgan fingerprint density at radius 1 is 1.39 bits per heavy atom. The smallest absolute Gasteiger partial charge is 0.243 e. The highest BCUT2D eigenvalue weighted by Gasteiger charge is 2.24. The van der Waals surface area contributed by atoms with Gasteiger partial charge in [-0.25, -0.2) is 8.42 Å². The molecule has 0 aliphatic heterocycles. The van der Waals surface area contributed by atoms with Crippen LogP contribution >= 0.6 is 11.8 Å². The molecule has 1 atom stereocenters. The van der Waals surface area contributed by atoms with Gasteiger partial charge in [-0.1, -0.05) is 0 Å². The molecule has 18 heavy (non-hydrogen) atoms. The molecule has 0 spiro atoms. The standard InChI is InChI=1S/C11H19N3O2S2/c1-9(8-17-3)14(2)18(15,16)11-6-4-10(13-12)5-7-11/h4-7,9,13H,8,12H2,1-3H3. The molecule has 0 aliphatic rings. The summed E-state index contributed by atoms with van der Waals surface area (Å²) >= 11 is 1.62. The minimum atomic E-state index is -3.43. The molecule has 0 aliphatic carbocycles. The Kier molecular flexibility index (Phi) is 5.46. The number of nitrogens with two attached hydrogens (primary N) is 1. The number of benzene rings is 1. The van der Waals surface area contributed by atoms with Gasteiger partial charge in [-0.3, -0.25) is 5.84 Å². The minimum Gasteiger partial charge on any atom is -0.324 e. The van der Waals surface area contributed by atoms with Gasteiger partial charge in [-0.15, -0.1) is 0 Å². The largest absolute Gasteiger partial charge is 0.324 e. The maximum Gasteiger partial charge on any atom is 0.243 e. The van der Waals surface area contributed by atoms with Gasteiger partial charge in [-0.2, -0.15) is 16.1 Å². The Morgan fingerprint density at radius 2 is 1.94 bits per heavy atom. The SMILES string of the molecule is CSCC(C)N(C)S(=O)(=O)c1ccc(NN)cc1. The van der Waals surface area contributed by atoms with Crippen LogP contribution in [0.2, 0.25) is 0 Å². The summed E-state index contributed by atoms with van der Waals surface area (Å²) in [6, 6.07) is 6.33. The molecule has 0 bridgehead atoms. The number of thioether (sulfide) groups is 1. The monoisotopic (exact) mass is 289 g/mol. The van der Waals surface area contributed by atoms with Gasteiger partial charge in [0.1, 0.15) is 0 Å². The Balaban J connectivity index is 2.97. The predicted molar refractivity (Wildman–Crippen MR) is 77.0 cm³/mol. The highest BCUT2D eigenvalue weighted by Crippen LogP contribution is 2.19. The zero-order valence-electron chi connectivity index (χ0n) is 10.8. The lowest BCUT2D eigenvalue weighted by Crippen LogP contribution is -2.36. The second kappa shape index (κ2) is 6.42. The number of nitrogen functional groups attached to an aromatic ring is 1. The summed E-state index contributed by atoms with van der Waals surface area (Å²) in [5.74, 6) is 6.01. The number of hydrogen-bond acceptors (Lipinski definition) is 5. The van der Waals surface area contributed by atoms with Crippen molar-refractivity contribution in [1.29, 1.82) is 0 Å². The van der Waals surface area contributed by atoms with Gasteiger partial charge < -0.3 is 5.43 Å². The van der Waals surface area contributed by atoms with E-state index < -0.39 is 10.0 Å². The van der Waals surface area contributed by atoms with E-state index in [1.807, 2.05) is 13.2 Å². The van der Waals surface area contributed by atoms with Crippen LogP contribution in [0.25, 0.3) is 0 Å². The van der Waals surface area contributed by atoms with E-state index in [-0.39, 0.29) is 10.9 Å². The molecular weight excluding hydrogens is 270 g/mol. The van der Waals surface area contributed by atoms with Crippen molar-refractivity contribution in [3.05, 3.63) is 24.3 Å². The lowest BCUT2D eigenvalue weighted by molar-refractivity contribution is 0.415. The Morgan fingerprint density at radius 3 is 2.39 bits per heavy atom. The van der Waals surface area contributed by atoms with Crippen LogP contribution in [0.15, 0.2) is 29.2 Å². The van der Waals surface area contributed by atoms with Crippen LogP contribution in [0.4, 0.5) is 5.69 Å². The van der Waals surface area contributed by atoms with Crippen molar-refractivity contribution in [3.63, 3.8) is 0 Å². The molecule has 0 aromatic heterocycles. The fourth-order valence-corrected chi connectivity index (χ4v) is 3.63. The molecule has 3 N–H and O–H groups in total. The van der Waals surface area contributed by atoms with Crippen LogP contribution < -0.4 is 11.3 Å². The maximum atomic E-state index is 12.3. The first-order valence-corrected chi connectivity index (χ1v) is 8.30. The van der Waals surface area contributed by atoms with E-state index in [4.69, 9.17) is 5.84 Å². The lowest BCUT2D eigenvalue weighted by Gasteiger charge is -2.23. The van der Waals surface area contributed by atoms with E-state index in [0.29, 0.717) is 5.69 Å². The first-order chi connectivity index (χ1) is 8.43. The summed E-state index contributed by atoms with van der Waals surface area (Å²) in [6.07, 6.45) is 1.96. The number of hydrazine groups is 1. The van der Waals surface area contributed by atoms with Crippen molar-refractivity contribution >= 4 is 27.5 Å². The summed E-state index contributed by atoms with van der Waals surface area (Å²) < 4.78 is 26.0. The first-order valence-electron chi connectivity index (χ1n) is 5.47. The van der Waals surface area contributed by atoms with Gasteiger partial charge >= 0.3 is 0 Å². The van der Waals surface area contributed by atoms with Crippen LogP contribution in [0, 0.1) is 0 Å². The number of nitrogens with one attached hydrogen (secondary N) is 1. The van der Waals surface area contributed by atoms with E-state index in [0.717, 1.165) is 5.75 Å². The molecule has 0 radical (unpaired) electrons. The molecule has 0 saturated heterocycles. The lowest BCUT2D eigenvalue weighted by atomic mass is 10.3. The fourth-order valence-electron chi connectivity index (χ4n) is 1.47. The number of hydrogen-bond donors (Lipinski definition) is 2. The van der Waals surface area contributed by atoms with E-state index in [2.05, 4.69) is 5.43 Å². The average Bonchev–Trinajstić information content (AvgIpc) is 2.38. The van der Waals surface area contributed by atoms with Gasteiger partial charge in [0.15, 0.2) is 0 Å². The highest BCUT2D eigenvalue weighted by atomic mass is 32.2. The first kappa shape index (κ1) is 15.3. The van der Waals surface area contributed by atoms with Crippen molar-refractivity contribution in [1.82, 2.24) is 4.31 Å². The molecule has 0 heterocycles. The average molecular weight is 289 g/mol. The quantitative estimate of drug-likeness (QED) is 0.610.